The number of halogens is 1. The Morgan fingerprint density at radius 1 is 1.00 bits per heavy atom. The molecule has 1 heterocycles. The predicted molar refractivity (Wildman–Crippen MR) is 116 cm³/mol. The lowest BCUT2D eigenvalue weighted by molar-refractivity contribution is 0.308. The number of hydrogen-bond acceptors (Lipinski definition) is 5. The minimum atomic E-state index is -0.298. The highest BCUT2D eigenvalue weighted by molar-refractivity contribution is 7.81. The number of benzene rings is 3. The van der Waals surface area contributed by atoms with Crippen molar-refractivity contribution in [2.75, 3.05) is 17.5 Å². The molecule has 29 heavy (non-hydrogen) atoms. The van der Waals surface area contributed by atoms with Crippen LogP contribution in [0.25, 0.3) is 22.3 Å². The van der Waals surface area contributed by atoms with Crippen molar-refractivity contribution in [1.82, 2.24) is 0 Å². The molecule has 0 aliphatic rings. The topological polar surface area (TPSA) is 45.8 Å². The van der Waals surface area contributed by atoms with Crippen LogP contribution in [0.1, 0.15) is 5.56 Å². The first-order valence-electron chi connectivity index (χ1n) is 9.19. The van der Waals surface area contributed by atoms with Crippen LogP contribution in [0.3, 0.4) is 0 Å². The van der Waals surface area contributed by atoms with E-state index in [-0.39, 0.29) is 12.4 Å². The van der Waals surface area contributed by atoms with E-state index < -0.39 is 0 Å². The molecule has 4 rings (SSSR count). The van der Waals surface area contributed by atoms with Gasteiger partial charge in [0.15, 0.2) is 0 Å². The molecular formula is C23H20FNO3S. The number of anilines is 1. The number of aliphatic hydroxyl groups excluding tert-OH is 1. The van der Waals surface area contributed by atoms with Crippen LogP contribution in [0.5, 0.6) is 11.5 Å². The average molecular weight is 409 g/mol. The maximum atomic E-state index is 13.0. The van der Waals surface area contributed by atoms with E-state index in [0.717, 1.165) is 33.5 Å². The van der Waals surface area contributed by atoms with E-state index in [1.165, 1.54) is 12.1 Å². The highest BCUT2D eigenvalue weighted by Gasteiger charge is 2.14. The Bertz CT molecular complexity index is 1120. The molecule has 4 aromatic rings. The third-order valence-electron chi connectivity index (χ3n) is 4.70. The van der Waals surface area contributed by atoms with Crippen molar-refractivity contribution >= 4 is 29.5 Å². The molecule has 0 saturated carbocycles. The lowest BCUT2D eigenvalue weighted by atomic mass is 10.1. The standard InChI is InChI=1S/C23H20FNO3S/c1-15-21-11-6-18(25(29)12-13-26)14-22(21)28-23(15)16-2-7-19(8-3-16)27-20-9-4-17(24)5-10-20/h2-11,14,26,29H,12-13H2,1H3. The van der Waals surface area contributed by atoms with E-state index in [1.807, 2.05) is 49.4 Å². The third-order valence-corrected chi connectivity index (χ3v) is 5.13. The van der Waals surface area contributed by atoms with Crippen LogP contribution in [-0.4, -0.2) is 18.3 Å². The summed E-state index contributed by atoms with van der Waals surface area (Å²) in [5.74, 6) is 1.73. The van der Waals surface area contributed by atoms with Crippen LogP contribution in [-0.2, 0) is 0 Å². The molecule has 3 aromatic carbocycles. The minimum absolute atomic E-state index is 0.0241. The summed E-state index contributed by atoms with van der Waals surface area (Å²) < 4.78 is 26.6. The number of rotatable bonds is 6. The molecule has 0 spiro atoms. The Morgan fingerprint density at radius 3 is 2.31 bits per heavy atom. The molecule has 4 nitrogen and oxygen atoms in total. The summed E-state index contributed by atoms with van der Waals surface area (Å²) in [6.45, 7) is 2.48. The zero-order valence-electron chi connectivity index (χ0n) is 15.8. The first-order valence-corrected chi connectivity index (χ1v) is 9.59. The quantitative estimate of drug-likeness (QED) is 0.384. The minimum Gasteiger partial charge on any atom is -0.457 e. The van der Waals surface area contributed by atoms with Gasteiger partial charge in [0.25, 0.3) is 0 Å². The number of fused-ring (bicyclic) bond motifs is 1. The van der Waals surface area contributed by atoms with Crippen LogP contribution < -0.4 is 9.04 Å². The normalized spacial score (nSPS) is 11.0. The summed E-state index contributed by atoms with van der Waals surface area (Å²) in [6, 6.07) is 19.3. The van der Waals surface area contributed by atoms with Gasteiger partial charge in [0.1, 0.15) is 28.7 Å². The SMILES string of the molecule is Cc1c(-c2ccc(Oc3ccc(F)cc3)cc2)oc2cc(N(S)CCO)ccc12. The van der Waals surface area contributed by atoms with E-state index in [9.17, 15) is 4.39 Å². The molecule has 0 unspecified atom stereocenters. The average Bonchev–Trinajstić information content (AvgIpc) is 3.06. The van der Waals surface area contributed by atoms with Gasteiger partial charge in [0.2, 0.25) is 0 Å². The zero-order valence-corrected chi connectivity index (χ0v) is 16.7. The Balaban J connectivity index is 1.60. The fraction of sp³-hybridized carbons (Fsp3) is 0.130. The maximum Gasteiger partial charge on any atom is 0.138 e. The van der Waals surface area contributed by atoms with E-state index in [1.54, 1.807) is 16.4 Å². The first kappa shape index (κ1) is 19.4. The number of hydrogen-bond donors (Lipinski definition) is 2. The Morgan fingerprint density at radius 2 is 1.66 bits per heavy atom. The van der Waals surface area contributed by atoms with Crippen LogP contribution in [0, 0.1) is 12.7 Å². The molecule has 0 bridgehead atoms. The van der Waals surface area contributed by atoms with E-state index in [4.69, 9.17) is 14.3 Å². The van der Waals surface area contributed by atoms with Gasteiger partial charge in [0, 0.05) is 22.6 Å². The van der Waals surface area contributed by atoms with Gasteiger partial charge in [0.05, 0.1) is 18.8 Å². The molecule has 0 saturated heterocycles. The van der Waals surface area contributed by atoms with E-state index >= 15 is 0 Å². The monoisotopic (exact) mass is 409 g/mol. The molecule has 0 aliphatic heterocycles. The van der Waals surface area contributed by atoms with Gasteiger partial charge in [-0.25, -0.2) is 4.39 Å². The van der Waals surface area contributed by atoms with Crippen molar-refractivity contribution in [2.45, 2.75) is 6.92 Å². The second-order valence-electron chi connectivity index (χ2n) is 6.66. The van der Waals surface area contributed by atoms with Crippen molar-refractivity contribution in [1.29, 1.82) is 0 Å². The van der Waals surface area contributed by atoms with Gasteiger partial charge < -0.3 is 18.6 Å². The van der Waals surface area contributed by atoms with Gasteiger partial charge in [-0.05, 0) is 67.6 Å². The first-order chi connectivity index (χ1) is 14.0. The molecule has 0 atom stereocenters. The van der Waals surface area contributed by atoms with E-state index in [0.29, 0.717) is 18.0 Å². The van der Waals surface area contributed by atoms with Crippen LogP contribution >= 0.6 is 12.8 Å². The Hall–Kier alpha value is -2.96. The van der Waals surface area contributed by atoms with Gasteiger partial charge in [-0.15, -0.1) is 0 Å². The van der Waals surface area contributed by atoms with Crippen LogP contribution in [0.2, 0.25) is 0 Å². The van der Waals surface area contributed by atoms with Crippen LogP contribution in [0.4, 0.5) is 10.1 Å². The fourth-order valence-electron chi connectivity index (χ4n) is 3.19. The van der Waals surface area contributed by atoms with Crippen LogP contribution in [0.15, 0.2) is 71.1 Å². The Kier molecular flexibility index (Phi) is 5.47. The van der Waals surface area contributed by atoms with Crippen molar-refractivity contribution in [3.8, 4) is 22.8 Å². The highest BCUT2D eigenvalue weighted by Crippen LogP contribution is 2.36. The second kappa shape index (κ2) is 8.19. The third kappa shape index (κ3) is 4.09. The summed E-state index contributed by atoms with van der Waals surface area (Å²) in [4.78, 5) is 0. The molecule has 148 valence electrons. The van der Waals surface area contributed by atoms with Gasteiger partial charge in [-0.2, -0.15) is 0 Å². The largest absolute Gasteiger partial charge is 0.457 e. The number of aryl methyl sites for hydroxylation is 1. The van der Waals surface area contributed by atoms with Crippen molar-refractivity contribution in [2.24, 2.45) is 0 Å². The molecular weight excluding hydrogens is 389 g/mol. The van der Waals surface area contributed by atoms with Crippen molar-refractivity contribution < 1.29 is 18.7 Å². The van der Waals surface area contributed by atoms with Gasteiger partial charge >= 0.3 is 0 Å². The maximum absolute atomic E-state index is 13.0. The molecule has 0 fully saturated rings. The van der Waals surface area contributed by atoms with Gasteiger partial charge in [-0.3, -0.25) is 0 Å². The fourth-order valence-corrected chi connectivity index (χ4v) is 3.40. The lowest BCUT2D eigenvalue weighted by Crippen LogP contribution is -2.14. The number of aliphatic hydroxyl groups is 1. The summed E-state index contributed by atoms with van der Waals surface area (Å²) >= 11 is 4.38. The van der Waals surface area contributed by atoms with E-state index in [2.05, 4.69) is 12.8 Å². The molecule has 0 amide bonds. The summed E-state index contributed by atoms with van der Waals surface area (Å²) in [6.07, 6.45) is 0. The number of ether oxygens (including phenoxy) is 1. The molecule has 1 aromatic heterocycles. The number of nitrogens with zero attached hydrogens (tertiary/aromatic N) is 1. The highest BCUT2D eigenvalue weighted by atomic mass is 32.1. The summed E-state index contributed by atoms with van der Waals surface area (Å²) in [7, 11) is 0. The molecule has 1 N–H and O–H groups in total. The van der Waals surface area contributed by atoms with Crippen molar-refractivity contribution in [3.05, 3.63) is 78.1 Å². The summed E-state index contributed by atoms with van der Waals surface area (Å²) in [5, 5.41) is 10.1. The molecule has 0 aliphatic carbocycles. The van der Waals surface area contributed by atoms with Gasteiger partial charge in [-0.1, -0.05) is 12.8 Å². The van der Waals surface area contributed by atoms with Crippen molar-refractivity contribution in [3.63, 3.8) is 0 Å². The summed E-state index contributed by atoms with van der Waals surface area (Å²) in [5.41, 5.74) is 3.60. The zero-order chi connectivity index (χ0) is 20.4. The molecule has 0 radical (unpaired) electrons. The Labute approximate surface area is 173 Å². The lowest BCUT2D eigenvalue weighted by Gasteiger charge is -2.15. The number of thiol groups is 1. The smallest absolute Gasteiger partial charge is 0.138 e. The number of furan rings is 1. The second-order valence-corrected chi connectivity index (χ2v) is 7.15. The predicted octanol–water partition coefficient (Wildman–Crippen LogP) is 5.98. The molecule has 6 heteroatoms.